The number of hydrogen-bond donors (Lipinski definition) is 1. The molecule has 0 aromatic heterocycles. The average molecular weight is 393 g/mol. The van der Waals surface area contributed by atoms with E-state index in [-0.39, 0.29) is 0 Å². The molecule has 1 aliphatic rings. The van der Waals surface area contributed by atoms with Crippen LogP contribution in [0.1, 0.15) is 26.7 Å². The summed E-state index contributed by atoms with van der Waals surface area (Å²) >= 11 is 0. The first-order valence-electron chi connectivity index (χ1n) is 9.69. The summed E-state index contributed by atoms with van der Waals surface area (Å²) in [5, 5.41) is 0. The third-order valence-corrected chi connectivity index (χ3v) is 13.7. The predicted octanol–water partition coefficient (Wildman–Crippen LogP) is 4.47. The van der Waals surface area contributed by atoms with Crippen LogP contribution >= 0.6 is 0 Å². The highest BCUT2D eigenvalue weighted by molar-refractivity contribution is 6.90. The van der Waals surface area contributed by atoms with E-state index in [0.29, 0.717) is 0 Å². The maximum Gasteiger partial charge on any atom is 0.338 e. The van der Waals surface area contributed by atoms with E-state index in [1.807, 2.05) is 0 Å². The van der Waals surface area contributed by atoms with Crippen LogP contribution in [0.15, 0.2) is 0 Å². The average Bonchev–Trinajstić information content (AvgIpc) is 2.33. The summed E-state index contributed by atoms with van der Waals surface area (Å²) in [5.74, 6) is 0. The van der Waals surface area contributed by atoms with Gasteiger partial charge in [0.05, 0.1) is 0 Å². The standard InChI is InChI=1S/C11H25NO2Si.C6H19NSi2/c1-4-10-15(11-5-2)13-8-6-12(3)7-9-14-15;1-8(2,3)7-9(4,5)6/h4-11H2,1-3H3;7H,1-6H3. The summed E-state index contributed by atoms with van der Waals surface area (Å²) in [6.07, 6.45) is 2.37. The zero-order chi connectivity index (χ0) is 18.9. The molecule has 1 N–H and O–H groups in total. The van der Waals surface area contributed by atoms with E-state index in [9.17, 15) is 0 Å². The summed E-state index contributed by atoms with van der Waals surface area (Å²) in [5.41, 5.74) is 0. The second kappa shape index (κ2) is 11.3. The Balaban J connectivity index is 0.000000506. The molecule has 1 saturated heterocycles. The van der Waals surface area contributed by atoms with Gasteiger partial charge in [-0.25, -0.2) is 0 Å². The Morgan fingerprint density at radius 3 is 1.46 bits per heavy atom. The van der Waals surface area contributed by atoms with Gasteiger partial charge in [0.25, 0.3) is 0 Å². The molecule has 1 rings (SSSR count). The van der Waals surface area contributed by atoms with E-state index in [1.165, 1.54) is 12.8 Å². The Bertz CT molecular complexity index is 301. The Hall–Kier alpha value is 0.491. The first-order chi connectivity index (χ1) is 10.9. The van der Waals surface area contributed by atoms with Gasteiger partial charge in [-0.2, -0.15) is 0 Å². The highest BCUT2D eigenvalue weighted by Gasteiger charge is 2.36. The van der Waals surface area contributed by atoms with Gasteiger partial charge in [-0.1, -0.05) is 66.0 Å². The van der Waals surface area contributed by atoms with Gasteiger partial charge in [-0.15, -0.1) is 0 Å². The molecule has 0 saturated carbocycles. The minimum Gasteiger partial charge on any atom is -0.393 e. The van der Waals surface area contributed by atoms with Crippen molar-refractivity contribution in [1.29, 1.82) is 0 Å². The molecule has 1 heterocycles. The summed E-state index contributed by atoms with van der Waals surface area (Å²) in [6.45, 7) is 22.4. The van der Waals surface area contributed by atoms with E-state index < -0.39 is 25.0 Å². The molecule has 0 aromatic carbocycles. The second-order valence-corrected chi connectivity index (χ2v) is 22.4. The molecule has 0 atom stereocenters. The van der Waals surface area contributed by atoms with Crippen molar-refractivity contribution in [2.45, 2.75) is 78.1 Å². The minimum atomic E-state index is -1.82. The Kier molecular flexibility index (Phi) is 11.5. The van der Waals surface area contributed by atoms with Gasteiger partial charge in [0, 0.05) is 26.3 Å². The van der Waals surface area contributed by atoms with Gasteiger partial charge in [0.15, 0.2) is 0 Å². The van der Waals surface area contributed by atoms with Crippen LogP contribution in [-0.2, 0) is 8.85 Å². The van der Waals surface area contributed by atoms with E-state index >= 15 is 0 Å². The maximum absolute atomic E-state index is 6.10. The zero-order valence-corrected chi connectivity index (χ0v) is 20.9. The van der Waals surface area contributed by atoms with Crippen molar-refractivity contribution in [2.75, 3.05) is 33.4 Å². The van der Waals surface area contributed by atoms with Crippen LogP contribution in [-0.4, -0.2) is 63.3 Å². The topological polar surface area (TPSA) is 33.7 Å². The quantitative estimate of drug-likeness (QED) is 0.676. The van der Waals surface area contributed by atoms with Crippen molar-refractivity contribution in [1.82, 2.24) is 9.55 Å². The molecule has 7 heteroatoms. The van der Waals surface area contributed by atoms with E-state index in [0.717, 1.165) is 38.4 Å². The lowest BCUT2D eigenvalue weighted by atomic mass is 10.5. The molecule has 1 fully saturated rings. The van der Waals surface area contributed by atoms with Crippen LogP contribution in [0, 0.1) is 0 Å². The molecule has 0 amide bonds. The normalized spacial score (nSPS) is 19.9. The summed E-state index contributed by atoms with van der Waals surface area (Å²) in [4.78, 5) is 2.27. The van der Waals surface area contributed by atoms with Crippen molar-refractivity contribution >= 4 is 25.0 Å². The molecule has 24 heavy (non-hydrogen) atoms. The van der Waals surface area contributed by atoms with Crippen molar-refractivity contribution < 1.29 is 8.85 Å². The first-order valence-corrected chi connectivity index (χ1v) is 18.9. The fourth-order valence-electron chi connectivity index (χ4n) is 3.23. The largest absolute Gasteiger partial charge is 0.393 e. The number of rotatable bonds is 6. The smallest absolute Gasteiger partial charge is 0.338 e. The summed E-state index contributed by atoms with van der Waals surface area (Å²) in [6, 6.07) is 2.31. The molecule has 146 valence electrons. The van der Waals surface area contributed by atoms with Crippen LogP contribution in [0.2, 0.25) is 51.4 Å². The molecular weight excluding hydrogens is 348 g/mol. The van der Waals surface area contributed by atoms with Crippen LogP contribution in [0.25, 0.3) is 0 Å². The van der Waals surface area contributed by atoms with Crippen LogP contribution in [0.3, 0.4) is 0 Å². The first kappa shape index (κ1) is 24.5. The Labute approximate surface area is 155 Å². The van der Waals surface area contributed by atoms with Gasteiger partial charge in [-0.05, 0) is 19.1 Å². The molecular formula is C17H44N2O2Si3. The molecule has 4 nitrogen and oxygen atoms in total. The Morgan fingerprint density at radius 2 is 1.21 bits per heavy atom. The lowest BCUT2D eigenvalue weighted by Crippen LogP contribution is -2.55. The van der Waals surface area contributed by atoms with Crippen LogP contribution < -0.4 is 4.65 Å². The summed E-state index contributed by atoms with van der Waals surface area (Å²) in [7, 11) is -1.66. The minimum absolute atomic E-state index is 0.850. The lowest BCUT2D eigenvalue weighted by Gasteiger charge is -2.34. The third kappa shape index (κ3) is 12.8. The van der Waals surface area contributed by atoms with Crippen molar-refractivity contribution in [3.8, 4) is 0 Å². The molecule has 0 radical (unpaired) electrons. The van der Waals surface area contributed by atoms with Crippen LogP contribution in [0.5, 0.6) is 0 Å². The highest BCUT2D eigenvalue weighted by atomic mass is 28.4. The molecule has 0 aliphatic carbocycles. The fourth-order valence-corrected chi connectivity index (χ4v) is 15.6. The third-order valence-electron chi connectivity index (χ3n) is 3.69. The fraction of sp³-hybridized carbons (Fsp3) is 1.00. The molecule has 0 aromatic rings. The monoisotopic (exact) mass is 392 g/mol. The lowest BCUT2D eigenvalue weighted by molar-refractivity contribution is 0.104. The van der Waals surface area contributed by atoms with E-state index in [2.05, 4.69) is 69.7 Å². The SMILES string of the molecule is CCC[Si]1(CCC)OCCN(C)CCO1.C[Si](C)(C)N[Si](C)(C)C. The van der Waals surface area contributed by atoms with Gasteiger partial charge in [0.1, 0.15) is 16.5 Å². The zero-order valence-electron chi connectivity index (χ0n) is 17.9. The van der Waals surface area contributed by atoms with Gasteiger partial charge < -0.3 is 18.4 Å². The molecule has 0 spiro atoms. The number of nitrogens with zero attached hydrogens (tertiary/aromatic N) is 1. The van der Waals surface area contributed by atoms with Crippen molar-refractivity contribution in [2.24, 2.45) is 0 Å². The molecule has 0 unspecified atom stereocenters. The number of nitrogens with one attached hydrogen (secondary N) is 1. The van der Waals surface area contributed by atoms with Gasteiger partial charge in [0.2, 0.25) is 0 Å². The van der Waals surface area contributed by atoms with Crippen LogP contribution in [0.4, 0.5) is 0 Å². The molecule has 0 bridgehead atoms. The predicted molar refractivity (Wildman–Crippen MR) is 115 cm³/mol. The number of likely N-dealkylation sites (N-methyl/N-ethyl adjacent to an activating group) is 1. The maximum atomic E-state index is 6.10. The Morgan fingerprint density at radius 1 is 0.833 bits per heavy atom. The summed E-state index contributed by atoms with van der Waals surface area (Å²) < 4.78 is 15.9. The van der Waals surface area contributed by atoms with Gasteiger partial charge in [-0.3, -0.25) is 0 Å². The second-order valence-electron chi connectivity index (χ2n) is 9.04. The van der Waals surface area contributed by atoms with E-state index in [1.54, 1.807) is 0 Å². The van der Waals surface area contributed by atoms with Crippen molar-refractivity contribution in [3.63, 3.8) is 0 Å². The van der Waals surface area contributed by atoms with Crippen molar-refractivity contribution in [3.05, 3.63) is 0 Å². The van der Waals surface area contributed by atoms with E-state index in [4.69, 9.17) is 8.85 Å². The molecule has 1 aliphatic heterocycles. The number of hydrogen-bond acceptors (Lipinski definition) is 4. The highest BCUT2D eigenvalue weighted by Crippen LogP contribution is 2.23. The van der Waals surface area contributed by atoms with Gasteiger partial charge >= 0.3 is 8.56 Å².